The van der Waals surface area contributed by atoms with E-state index in [4.69, 9.17) is 5.84 Å². The van der Waals surface area contributed by atoms with Crippen LogP contribution in [0.25, 0.3) is 0 Å². The fourth-order valence-electron chi connectivity index (χ4n) is 2.37. The summed E-state index contributed by atoms with van der Waals surface area (Å²) in [6.45, 7) is 0. The molecule has 1 unspecified atom stereocenters. The van der Waals surface area contributed by atoms with E-state index in [-0.39, 0.29) is 11.9 Å². The minimum atomic E-state index is -3.08. The van der Waals surface area contributed by atoms with Gasteiger partial charge in [-0.1, -0.05) is 12.1 Å². The Morgan fingerprint density at radius 2 is 2.11 bits per heavy atom. The number of aryl methyl sites for hydroxylation is 1. The molecule has 0 bridgehead atoms. The Labute approximate surface area is 108 Å². The Balaban J connectivity index is 2.45. The van der Waals surface area contributed by atoms with Crippen molar-refractivity contribution in [2.75, 3.05) is 19.8 Å². The summed E-state index contributed by atoms with van der Waals surface area (Å²) in [4.78, 5) is 2.42. The second kappa shape index (κ2) is 4.97. The molecule has 6 heteroatoms. The average Bonchev–Trinajstić information content (AvgIpc) is 2.28. The van der Waals surface area contributed by atoms with Crippen LogP contribution in [0.15, 0.2) is 23.1 Å². The molecule has 0 amide bonds. The van der Waals surface area contributed by atoms with E-state index >= 15 is 0 Å². The number of benzene rings is 1. The molecule has 0 aliphatic carbocycles. The van der Waals surface area contributed by atoms with Crippen LogP contribution in [0.1, 0.15) is 23.7 Å². The number of hydrogen-bond acceptors (Lipinski definition) is 5. The lowest BCUT2D eigenvalue weighted by molar-refractivity contribution is 0.252. The van der Waals surface area contributed by atoms with Crippen LogP contribution in [0.5, 0.6) is 0 Å². The summed E-state index contributed by atoms with van der Waals surface area (Å²) in [5.74, 6) is 5.78. The molecule has 100 valence electrons. The van der Waals surface area contributed by atoms with Gasteiger partial charge in [-0.05, 0) is 44.1 Å². The van der Waals surface area contributed by atoms with Gasteiger partial charge in [0.2, 0.25) is 0 Å². The third kappa shape index (κ3) is 2.42. The number of rotatable bonds is 3. The van der Waals surface area contributed by atoms with E-state index in [1.807, 2.05) is 31.1 Å². The molecular weight excluding hydrogens is 250 g/mol. The number of sulfone groups is 1. The first kappa shape index (κ1) is 13.5. The second-order valence-corrected chi connectivity index (χ2v) is 6.90. The Hall–Kier alpha value is -0.950. The van der Waals surface area contributed by atoms with Gasteiger partial charge in [0.1, 0.15) is 0 Å². The molecule has 0 saturated carbocycles. The van der Waals surface area contributed by atoms with Gasteiger partial charge < -0.3 is 0 Å². The molecule has 1 aliphatic heterocycles. The highest BCUT2D eigenvalue weighted by Crippen LogP contribution is 2.28. The quantitative estimate of drug-likeness (QED) is 0.473. The monoisotopic (exact) mass is 269 g/mol. The zero-order valence-electron chi connectivity index (χ0n) is 10.7. The van der Waals surface area contributed by atoms with Crippen molar-refractivity contribution in [1.29, 1.82) is 0 Å². The first-order valence-electron chi connectivity index (χ1n) is 5.94. The second-order valence-electron chi connectivity index (χ2n) is 4.82. The van der Waals surface area contributed by atoms with Gasteiger partial charge in [-0.25, -0.2) is 13.8 Å². The summed E-state index contributed by atoms with van der Waals surface area (Å²) in [5, 5.41) is 0. The number of hydrazine groups is 1. The number of hydrogen-bond donors (Lipinski definition) is 2. The molecule has 5 nitrogen and oxygen atoms in total. The topological polar surface area (TPSA) is 75.4 Å². The van der Waals surface area contributed by atoms with E-state index in [9.17, 15) is 8.42 Å². The summed E-state index contributed by atoms with van der Waals surface area (Å²) in [6, 6.07) is 5.47. The summed E-state index contributed by atoms with van der Waals surface area (Å²) in [7, 11) is 0.758. The highest BCUT2D eigenvalue weighted by molar-refractivity contribution is 7.91. The molecule has 1 aromatic rings. The number of nitrogens with zero attached hydrogens (tertiary/aromatic N) is 1. The van der Waals surface area contributed by atoms with Gasteiger partial charge in [-0.3, -0.25) is 10.7 Å². The molecule has 0 radical (unpaired) electrons. The van der Waals surface area contributed by atoms with E-state index in [0.29, 0.717) is 11.3 Å². The first-order chi connectivity index (χ1) is 8.45. The van der Waals surface area contributed by atoms with Crippen LogP contribution in [0.3, 0.4) is 0 Å². The molecule has 0 fully saturated rings. The molecule has 1 aliphatic rings. The van der Waals surface area contributed by atoms with Crippen LogP contribution < -0.4 is 11.3 Å². The van der Waals surface area contributed by atoms with Gasteiger partial charge in [0.25, 0.3) is 0 Å². The molecule has 18 heavy (non-hydrogen) atoms. The van der Waals surface area contributed by atoms with Crippen molar-refractivity contribution < 1.29 is 8.42 Å². The fourth-order valence-corrected chi connectivity index (χ4v) is 3.95. The molecular formula is C12H19N3O2S. The fraction of sp³-hybridized carbons (Fsp3) is 0.500. The van der Waals surface area contributed by atoms with Crippen molar-refractivity contribution in [2.24, 2.45) is 5.84 Å². The van der Waals surface area contributed by atoms with Crippen LogP contribution in [-0.2, 0) is 16.3 Å². The summed E-state index contributed by atoms with van der Waals surface area (Å²) >= 11 is 0. The van der Waals surface area contributed by atoms with Crippen molar-refractivity contribution in [3.63, 3.8) is 0 Å². The summed E-state index contributed by atoms with van der Waals surface area (Å²) in [6.07, 6.45) is 1.40. The van der Waals surface area contributed by atoms with Crippen molar-refractivity contribution in [2.45, 2.75) is 23.9 Å². The first-order valence-corrected chi connectivity index (χ1v) is 7.59. The minimum Gasteiger partial charge on any atom is -0.289 e. The highest BCUT2D eigenvalue weighted by atomic mass is 32.2. The molecule has 1 aromatic carbocycles. The standard InChI is InChI=1S/C12H19N3O2S/c1-15(2)12(14-13)10-5-6-11-9(8-10)4-3-7-18(11,16)17/h5-6,8,12,14H,3-4,7,13H2,1-2H3. The van der Waals surface area contributed by atoms with Gasteiger partial charge in [-0.15, -0.1) is 0 Å². The van der Waals surface area contributed by atoms with E-state index < -0.39 is 9.84 Å². The van der Waals surface area contributed by atoms with Crippen LogP contribution >= 0.6 is 0 Å². The normalized spacial score (nSPS) is 19.6. The zero-order valence-corrected chi connectivity index (χ0v) is 11.5. The van der Waals surface area contributed by atoms with Gasteiger partial charge in [0.05, 0.1) is 16.8 Å². The minimum absolute atomic E-state index is 0.111. The zero-order chi connectivity index (χ0) is 13.3. The maximum atomic E-state index is 11.9. The van der Waals surface area contributed by atoms with E-state index in [1.165, 1.54) is 0 Å². The average molecular weight is 269 g/mol. The van der Waals surface area contributed by atoms with Crippen molar-refractivity contribution in [3.8, 4) is 0 Å². The highest BCUT2D eigenvalue weighted by Gasteiger charge is 2.24. The molecule has 0 spiro atoms. The van der Waals surface area contributed by atoms with E-state index in [2.05, 4.69) is 5.43 Å². The third-order valence-electron chi connectivity index (χ3n) is 3.27. The van der Waals surface area contributed by atoms with Gasteiger partial charge in [-0.2, -0.15) is 0 Å². The Kier molecular flexibility index (Phi) is 3.72. The lowest BCUT2D eigenvalue weighted by atomic mass is 10.0. The van der Waals surface area contributed by atoms with E-state index in [0.717, 1.165) is 17.5 Å². The number of fused-ring (bicyclic) bond motifs is 1. The van der Waals surface area contributed by atoms with E-state index in [1.54, 1.807) is 6.07 Å². The number of nitrogens with two attached hydrogens (primary N) is 1. The molecule has 0 saturated heterocycles. The predicted octanol–water partition coefficient (Wildman–Crippen LogP) is 0.430. The summed E-state index contributed by atoms with van der Waals surface area (Å²) in [5.41, 5.74) is 4.61. The van der Waals surface area contributed by atoms with Crippen LogP contribution in [0.2, 0.25) is 0 Å². The third-order valence-corrected chi connectivity index (χ3v) is 5.16. The molecule has 1 heterocycles. The number of nitrogens with one attached hydrogen (secondary N) is 1. The Morgan fingerprint density at radius 1 is 1.39 bits per heavy atom. The largest absolute Gasteiger partial charge is 0.289 e. The predicted molar refractivity (Wildman–Crippen MR) is 70.6 cm³/mol. The smallest absolute Gasteiger partial charge is 0.178 e. The Morgan fingerprint density at radius 3 is 2.72 bits per heavy atom. The van der Waals surface area contributed by atoms with Crippen LogP contribution in [-0.4, -0.2) is 33.2 Å². The maximum Gasteiger partial charge on any atom is 0.178 e. The van der Waals surface area contributed by atoms with Crippen LogP contribution in [0.4, 0.5) is 0 Å². The lowest BCUT2D eigenvalue weighted by Crippen LogP contribution is -2.37. The summed E-state index contributed by atoms with van der Waals surface area (Å²) < 4.78 is 23.8. The van der Waals surface area contributed by atoms with Crippen LogP contribution in [0, 0.1) is 0 Å². The van der Waals surface area contributed by atoms with Crippen molar-refractivity contribution >= 4 is 9.84 Å². The maximum absolute atomic E-state index is 11.9. The Bertz CT molecular complexity index is 540. The lowest BCUT2D eigenvalue weighted by Gasteiger charge is -2.25. The molecule has 2 rings (SSSR count). The van der Waals surface area contributed by atoms with Gasteiger partial charge >= 0.3 is 0 Å². The SMILES string of the molecule is CN(C)C(NN)c1ccc2c(c1)CCCS2(=O)=O. The van der Waals surface area contributed by atoms with Crippen molar-refractivity contribution in [3.05, 3.63) is 29.3 Å². The van der Waals surface area contributed by atoms with Gasteiger partial charge in [0.15, 0.2) is 9.84 Å². The molecule has 1 atom stereocenters. The molecule has 3 N–H and O–H groups in total. The molecule has 0 aromatic heterocycles. The van der Waals surface area contributed by atoms with Gasteiger partial charge in [0, 0.05) is 0 Å². The van der Waals surface area contributed by atoms with Crippen molar-refractivity contribution in [1.82, 2.24) is 10.3 Å².